The number of benzene rings is 1. The van der Waals surface area contributed by atoms with E-state index in [9.17, 15) is 18.0 Å². The first-order chi connectivity index (χ1) is 12.4. The van der Waals surface area contributed by atoms with Gasteiger partial charge in [0.05, 0.1) is 11.8 Å². The molecular formula is C18H20F3N3O2. The van der Waals surface area contributed by atoms with E-state index in [2.05, 4.69) is 5.10 Å². The molecule has 2 heterocycles. The Morgan fingerprint density at radius 1 is 1.31 bits per heavy atom. The smallest absolute Gasteiger partial charge is 0.378 e. The predicted molar refractivity (Wildman–Crippen MR) is 89.6 cm³/mol. The van der Waals surface area contributed by atoms with Crippen molar-refractivity contribution in [2.45, 2.75) is 32.0 Å². The maximum atomic E-state index is 12.7. The van der Waals surface area contributed by atoms with Crippen molar-refractivity contribution in [2.24, 2.45) is 0 Å². The number of aromatic nitrogens is 2. The van der Waals surface area contributed by atoms with Gasteiger partial charge in [0.25, 0.3) is 5.91 Å². The molecule has 140 valence electrons. The number of likely N-dealkylation sites (tertiary alicyclic amines) is 1. The number of amides is 1. The van der Waals surface area contributed by atoms with Crippen LogP contribution in [0.5, 0.6) is 0 Å². The number of rotatable bonds is 4. The fraction of sp³-hybridized carbons (Fsp3) is 0.444. The highest BCUT2D eigenvalue weighted by molar-refractivity contribution is 5.95. The average molecular weight is 367 g/mol. The number of nitrogens with one attached hydrogen (secondary N) is 1. The van der Waals surface area contributed by atoms with Crippen molar-refractivity contribution in [3.8, 4) is 11.3 Å². The summed E-state index contributed by atoms with van der Waals surface area (Å²) in [6.07, 6.45) is -2.73. The van der Waals surface area contributed by atoms with Crippen molar-refractivity contribution >= 4 is 5.91 Å². The van der Waals surface area contributed by atoms with Gasteiger partial charge in [-0.2, -0.15) is 18.3 Å². The summed E-state index contributed by atoms with van der Waals surface area (Å²) in [6, 6.07) is 7.47. The van der Waals surface area contributed by atoms with Crippen molar-refractivity contribution in [2.75, 3.05) is 19.7 Å². The van der Waals surface area contributed by atoms with Gasteiger partial charge in [0.1, 0.15) is 5.69 Å². The topological polar surface area (TPSA) is 58.2 Å². The highest BCUT2D eigenvalue weighted by Crippen LogP contribution is 2.30. The first kappa shape index (κ1) is 18.4. The molecule has 1 fully saturated rings. The van der Waals surface area contributed by atoms with Crippen molar-refractivity contribution in [3.63, 3.8) is 0 Å². The molecule has 0 radical (unpaired) electrons. The summed E-state index contributed by atoms with van der Waals surface area (Å²) in [7, 11) is 0. The normalized spacial score (nSPS) is 16.1. The Bertz CT molecular complexity index is 765. The van der Waals surface area contributed by atoms with Crippen LogP contribution in [-0.2, 0) is 10.9 Å². The van der Waals surface area contributed by atoms with Crippen LogP contribution in [0, 0.1) is 0 Å². The van der Waals surface area contributed by atoms with Gasteiger partial charge in [-0.1, -0.05) is 12.1 Å². The van der Waals surface area contributed by atoms with Crippen LogP contribution in [0.15, 0.2) is 30.3 Å². The Hall–Kier alpha value is -2.35. The lowest BCUT2D eigenvalue weighted by Gasteiger charge is -2.31. The van der Waals surface area contributed by atoms with Crippen LogP contribution >= 0.6 is 0 Å². The molecule has 1 aromatic heterocycles. The van der Waals surface area contributed by atoms with Crippen molar-refractivity contribution < 1.29 is 22.7 Å². The average Bonchev–Trinajstić information content (AvgIpc) is 3.13. The van der Waals surface area contributed by atoms with E-state index in [0.29, 0.717) is 30.8 Å². The predicted octanol–water partition coefficient (Wildman–Crippen LogP) is 3.74. The molecule has 0 aliphatic carbocycles. The molecular weight excluding hydrogens is 347 g/mol. The molecule has 1 aliphatic rings. The zero-order chi connectivity index (χ0) is 18.7. The van der Waals surface area contributed by atoms with Crippen LogP contribution in [0.2, 0.25) is 0 Å². The largest absolute Gasteiger partial charge is 0.432 e. The standard InChI is InChI=1S/C18H20F3N3O2/c1-2-26-14-6-8-24(9-7-14)17(25)13-5-3-4-12(10-13)15-11-16(23-22-15)18(19,20)21/h3-5,10-11,14H,2,6-9H2,1H3,(H,22,23). The van der Waals surface area contributed by atoms with E-state index in [1.54, 1.807) is 29.2 Å². The molecule has 0 bridgehead atoms. The van der Waals surface area contributed by atoms with E-state index in [4.69, 9.17) is 4.74 Å². The molecule has 26 heavy (non-hydrogen) atoms. The molecule has 0 saturated carbocycles. The zero-order valence-electron chi connectivity index (χ0n) is 14.3. The van der Waals surface area contributed by atoms with Gasteiger partial charge in [0.2, 0.25) is 0 Å². The van der Waals surface area contributed by atoms with E-state index in [1.807, 2.05) is 12.0 Å². The first-order valence-electron chi connectivity index (χ1n) is 8.52. The number of H-pyrrole nitrogens is 1. The monoisotopic (exact) mass is 367 g/mol. The van der Waals surface area contributed by atoms with Crippen LogP contribution in [0.3, 0.4) is 0 Å². The maximum Gasteiger partial charge on any atom is 0.432 e. The Morgan fingerprint density at radius 3 is 2.65 bits per heavy atom. The number of hydrogen-bond acceptors (Lipinski definition) is 3. The highest BCUT2D eigenvalue weighted by atomic mass is 19.4. The van der Waals surface area contributed by atoms with Gasteiger partial charge >= 0.3 is 6.18 Å². The molecule has 0 atom stereocenters. The van der Waals surface area contributed by atoms with E-state index < -0.39 is 11.9 Å². The molecule has 1 N–H and O–H groups in total. The van der Waals surface area contributed by atoms with Gasteiger partial charge in [-0.05, 0) is 38.0 Å². The van der Waals surface area contributed by atoms with Crippen LogP contribution in [0.1, 0.15) is 35.8 Å². The SMILES string of the molecule is CCOC1CCN(C(=O)c2cccc(-c3cc(C(F)(F)F)[nH]n3)c2)CC1. The lowest BCUT2D eigenvalue weighted by Crippen LogP contribution is -2.40. The number of carbonyl (C=O) groups is 1. The number of halogens is 3. The minimum Gasteiger partial charge on any atom is -0.378 e. The minimum absolute atomic E-state index is 0.131. The van der Waals surface area contributed by atoms with E-state index in [0.717, 1.165) is 18.9 Å². The number of nitrogens with zero attached hydrogens (tertiary/aromatic N) is 2. The fourth-order valence-corrected chi connectivity index (χ4v) is 3.07. The quantitative estimate of drug-likeness (QED) is 0.896. The number of aromatic amines is 1. The molecule has 3 rings (SSSR count). The van der Waals surface area contributed by atoms with Gasteiger partial charge in [0.15, 0.2) is 0 Å². The lowest BCUT2D eigenvalue weighted by molar-refractivity contribution is -0.141. The Morgan fingerprint density at radius 2 is 2.04 bits per heavy atom. The molecule has 0 unspecified atom stereocenters. The van der Waals surface area contributed by atoms with Gasteiger partial charge in [-0.25, -0.2) is 0 Å². The van der Waals surface area contributed by atoms with Gasteiger partial charge in [-0.15, -0.1) is 0 Å². The maximum absolute atomic E-state index is 12.7. The highest BCUT2D eigenvalue weighted by Gasteiger charge is 2.33. The van der Waals surface area contributed by atoms with Gasteiger partial charge in [-0.3, -0.25) is 9.89 Å². The second-order valence-corrected chi connectivity index (χ2v) is 6.19. The second-order valence-electron chi connectivity index (χ2n) is 6.19. The summed E-state index contributed by atoms with van der Waals surface area (Å²) >= 11 is 0. The van der Waals surface area contributed by atoms with Crippen LogP contribution in [0.25, 0.3) is 11.3 Å². The second kappa shape index (κ2) is 7.49. The molecule has 1 aliphatic heterocycles. The van der Waals surface area contributed by atoms with Crippen LogP contribution < -0.4 is 0 Å². The van der Waals surface area contributed by atoms with E-state index >= 15 is 0 Å². The third kappa shape index (κ3) is 4.07. The molecule has 1 aromatic carbocycles. The summed E-state index contributed by atoms with van der Waals surface area (Å²) in [5, 5.41) is 5.70. The molecule has 1 saturated heterocycles. The fourth-order valence-electron chi connectivity index (χ4n) is 3.07. The third-order valence-electron chi connectivity index (χ3n) is 4.42. The van der Waals surface area contributed by atoms with E-state index in [1.165, 1.54) is 0 Å². The number of alkyl halides is 3. The van der Waals surface area contributed by atoms with Crippen molar-refractivity contribution in [1.82, 2.24) is 15.1 Å². The van der Waals surface area contributed by atoms with Crippen LogP contribution in [-0.4, -0.2) is 46.8 Å². The van der Waals surface area contributed by atoms with Gasteiger partial charge in [0, 0.05) is 30.8 Å². The van der Waals surface area contributed by atoms with E-state index in [-0.39, 0.29) is 17.7 Å². The number of ether oxygens (including phenoxy) is 1. The van der Waals surface area contributed by atoms with Crippen LogP contribution in [0.4, 0.5) is 13.2 Å². The molecule has 1 amide bonds. The third-order valence-corrected chi connectivity index (χ3v) is 4.42. The molecule has 2 aromatic rings. The molecule has 5 nitrogen and oxygen atoms in total. The molecule has 8 heteroatoms. The zero-order valence-corrected chi connectivity index (χ0v) is 14.3. The Balaban J connectivity index is 1.73. The summed E-state index contributed by atoms with van der Waals surface area (Å²) in [5.74, 6) is -0.131. The summed E-state index contributed by atoms with van der Waals surface area (Å²) in [5.41, 5.74) is 0.143. The van der Waals surface area contributed by atoms with Crippen molar-refractivity contribution in [3.05, 3.63) is 41.6 Å². The lowest BCUT2D eigenvalue weighted by atomic mass is 10.0. The minimum atomic E-state index is -4.48. The summed E-state index contributed by atoms with van der Waals surface area (Å²) in [6.45, 7) is 3.81. The van der Waals surface area contributed by atoms with Crippen molar-refractivity contribution in [1.29, 1.82) is 0 Å². The summed E-state index contributed by atoms with van der Waals surface area (Å²) in [4.78, 5) is 14.4. The number of hydrogen-bond donors (Lipinski definition) is 1. The molecule has 0 spiro atoms. The first-order valence-corrected chi connectivity index (χ1v) is 8.52. The Kier molecular flexibility index (Phi) is 5.31. The Labute approximate surface area is 149 Å². The number of carbonyl (C=O) groups excluding carboxylic acids is 1. The number of piperidine rings is 1. The summed E-state index contributed by atoms with van der Waals surface area (Å²) < 4.78 is 43.7. The van der Waals surface area contributed by atoms with Gasteiger partial charge < -0.3 is 9.64 Å².